The van der Waals surface area contributed by atoms with Crippen LogP contribution in [0.5, 0.6) is 0 Å². The zero-order valence-corrected chi connectivity index (χ0v) is 25.2. The van der Waals surface area contributed by atoms with Crippen molar-refractivity contribution < 1.29 is 28.7 Å². The zero-order chi connectivity index (χ0) is 31.1. The van der Waals surface area contributed by atoms with E-state index in [4.69, 9.17) is 15.7 Å². The number of rotatable bonds is 8. The van der Waals surface area contributed by atoms with Gasteiger partial charge >= 0.3 is 15.2 Å². The van der Waals surface area contributed by atoms with Gasteiger partial charge in [0.15, 0.2) is 0 Å². The number of aromatic amines is 2. The van der Waals surface area contributed by atoms with E-state index >= 15 is 0 Å². The molecular weight excluding hydrogens is 600 g/mol. The van der Waals surface area contributed by atoms with Gasteiger partial charge in [0.25, 0.3) is 0 Å². The summed E-state index contributed by atoms with van der Waals surface area (Å²) in [6.07, 6.45) is 6.37. The Bertz CT molecular complexity index is 1930. The van der Waals surface area contributed by atoms with Crippen molar-refractivity contribution in [3.63, 3.8) is 0 Å². The molecule has 1 aromatic carbocycles. The molecule has 0 unspecified atom stereocenters. The van der Waals surface area contributed by atoms with Crippen LogP contribution >= 0.6 is 15.2 Å². The first kappa shape index (κ1) is 30.0. The van der Waals surface area contributed by atoms with Crippen LogP contribution in [0.25, 0.3) is 57.5 Å². The molecule has 2 aliphatic rings. The lowest BCUT2D eigenvalue weighted by molar-refractivity contribution is 0.366. The summed E-state index contributed by atoms with van der Waals surface area (Å²) in [5.74, 6) is -0.620. The predicted molar refractivity (Wildman–Crippen MR) is 175 cm³/mol. The number of nitrogen functional groups attached to an aromatic ring is 1. The standard InChI is InChI=1S/C31H31N5O6P2/c32-21-3-1-19(2-4-21)30-26-9-5-22(33-26)17-24-7-11-28(35-24)31(20(13-15-43(37,38)39)14-16-44(40,41)42)29-12-8-25(36-29)18-23-6-10-27(30)34-23/h1-12,17-18,20,33-34H,13-16,32H2,(H2,37,38,39)(H2,40,41,42). The highest BCUT2D eigenvalue weighted by Crippen LogP contribution is 2.44. The molecule has 13 heteroatoms. The van der Waals surface area contributed by atoms with Crippen molar-refractivity contribution in [2.75, 3.05) is 18.1 Å². The van der Waals surface area contributed by atoms with Gasteiger partial charge in [-0.15, -0.1) is 0 Å². The van der Waals surface area contributed by atoms with Gasteiger partial charge in [-0.1, -0.05) is 12.1 Å². The third kappa shape index (κ3) is 7.00. The van der Waals surface area contributed by atoms with Crippen LogP contribution in [0, 0.1) is 0 Å². The molecule has 4 aromatic rings. The van der Waals surface area contributed by atoms with E-state index in [9.17, 15) is 28.7 Å². The molecule has 2 aliphatic heterocycles. The van der Waals surface area contributed by atoms with Crippen molar-refractivity contribution in [3.8, 4) is 11.1 Å². The van der Waals surface area contributed by atoms with E-state index in [1.165, 1.54) is 0 Å². The third-order valence-corrected chi connectivity index (χ3v) is 9.26. The minimum Gasteiger partial charge on any atom is -0.399 e. The van der Waals surface area contributed by atoms with Crippen LogP contribution in [-0.2, 0) is 9.13 Å². The first-order chi connectivity index (χ1) is 20.9. The molecule has 0 amide bonds. The summed E-state index contributed by atoms with van der Waals surface area (Å²) >= 11 is 0. The molecule has 0 fully saturated rings. The summed E-state index contributed by atoms with van der Waals surface area (Å²) in [5, 5.41) is 0. The van der Waals surface area contributed by atoms with E-state index in [0.29, 0.717) is 34.0 Å². The number of hydrogen-bond donors (Lipinski definition) is 7. The zero-order valence-electron chi connectivity index (χ0n) is 23.5. The molecule has 0 saturated carbocycles. The van der Waals surface area contributed by atoms with Crippen LogP contribution in [0.4, 0.5) is 5.69 Å². The Morgan fingerprint density at radius 3 is 1.61 bits per heavy atom. The Morgan fingerprint density at radius 1 is 0.682 bits per heavy atom. The van der Waals surface area contributed by atoms with E-state index in [1.807, 2.05) is 72.8 Å². The monoisotopic (exact) mass is 631 g/mol. The van der Waals surface area contributed by atoms with Crippen LogP contribution in [0.3, 0.4) is 0 Å². The summed E-state index contributed by atoms with van der Waals surface area (Å²) in [6.45, 7) is 0. The number of nitrogens with zero attached hydrogens (tertiary/aromatic N) is 2. The van der Waals surface area contributed by atoms with Gasteiger partial charge in [0.05, 0.1) is 35.1 Å². The van der Waals surface area contributed by atoms with Gasteiger partial charge in [0.2, 0.25) is 0 Å². The summed E-state index contributed by atoms with van der Waals surface area (Å²) in [5.41, 5.74) is 14.8. The molecule has 11 nitrogen and oxygen atoms in total. The van der Waals surface area contributed by atoms with Gasteiger partial charge in [0, 0.05) is 38.9 Å². The molecular formula is C31H31N5O6P2. The smallest absolute Gasteiger partial charge is 0.325 e. The first-order valence-corrected chi connectivity index (χ1v) is 17.5. The molecule has 3 aromatic heterocycles. The van der Waals surface area contributed by atoms with Crippen LogP contribution in [0.1, 0.15) is 47.1 Å². The van der Waals surface area contributed by atoms with Crippen LogP contribution in [-0.4, -0.2) is 51.8 Å². The molecule has 8 N–H and O–H groups in total. The summed E-state index contributed by atoms with van der Waals surface area (Å²) in [4.78, 5) is 55.1. The Morgan fingerprint density at radius 2 is 1.16 bits per heavy atom. The lowest BCUT2D eigenvalue weighted by Crippen LogP contribution is -2.09. The van der Waals surface area contributed by atoms with Gasteiger partial charge in [-0.25, -0.2) is 9.97 Å². The number of fused-ring (bicyclic) bond motifs is 8. The third-order valence-electron chi connectivity index (χ3n) is 7.58. The van der Waals surface area contributed by atoms with Crippen LogP contribution < -0.4 is 5.73 Å². The van der Waals surface area contributed by atoms with Crippen molar-refractivity contribution in [2.24, 2.45) is 0 Å². The van der Waals surface area contributed by atoms with Crippen molar-refractivity contribution >= 4 is 67.2 Å². The van der Waals surface area contributed by atoms with E-state index < -0.39 is 33.4 Å². The fourth-order valence-corrected chi connectivity index (χ4v) is 6.85. The molecule has 0 aliphatic carbocycles. The van der Waals surface area contributed by atoms with Crippen LogP contribution in [0.2, 0.25) is 0 Å². The average Bonchev–Trinajstić information content (AvgIpc) is 3.76. The number of nitrogens with two attached hydrogens (primary N) is 1. The Kier molecular flexibility index (Phi) is 8.02. The summed E-state index contributed by atoms with van der Waals surface area (Å²) in [6, 6.07) is 19.3. The lowest BCUT2D eigenvalue weighted by Gasteiger charge is -2.20. The van der Waals surface area contributed by atoms with Crippen LogP contribution in [0.15, 0.2) is 60.7 Å². The molecule has 5 heterocycles. The minimum atomic E-state index is -4.38. The predicted octanol–water partition coefficient (Wildman–Crippen LogP) is 6.12. The number of anilines is 1. The van der Waals surface area contributed by atoms with E-state index in [0.717, 1.165) is 33.2 Å². The Hall–Kier alpha value is -4.08. The summed E-state index contributed by atoms with van der Waals surface area (Å²) in [7, 11) is -8.76. The van der Waals surface area contributed by atoms with Gasteiger partial charge in [-0.05, 0) is 97.2 Å². The normalized spacial score (nSPS) is 13.2. The fraction of sp³-hybridized carbons (Fsp3) is 0.161. The molecule has 6 rings (SSSR count). The number of benzene rings is 1. The maximum Gasteiger partial charge on any atom is 0.325 e. The number of nitrogens with one attached hydrogen (secondary N) is 2. The van der Waals surface area contributed by atoms with E-state index in [1.54, 1.807) is 12.2 Å². The fourth-order valence-electron chi connectivity index (χ4n) is 5.56. The number of hydrogen-bond acceptors (Lipinski definition) is 5. The quantitative estimate of drug-likeness (QED) is 0.0763. The highest BCUT2D eigenvalue weighted by Gasteiger charge is 2.27. The van der Waals surface area contributed by atoms with Crippen molar-refractivity contribution in [3.05, 3.63) is 89.0 Å². The van der Waals surface area contributed by atoms with Crippen molar-refractivity contribution in [1.29, 1.82) is 0 Å². The van der Waals surface area contributed by atoms with Gasteiger partial charge in [0.1, 0.15) is 0 Å². The highest BCUT2D eigenvalue weighted by molar-refractivity contribution is 7.52. The highest BCUT2D eigenvalue weighted by atomic mass is 31.2. The number of H-pyrrole nitrogens is 2. The van der Waals surface area contributed by atoms with Gasteiger partial charge in [-0.3, -0.25) is 9.13 Å². The van der Waals surface area contributed by atoms with Crippen molar-refractivity contribution in [1.82, 2.24) is 19.9 Å². The van der Waals surface area contributed by atoms with E-state index in [-0.39, 0.29) is 12.8 Å². The molecule has 0 atom stereocenters. The van der Waals surface area contributed by atoms with Gasteiger partial charge < -0.3 is 35.3 Å². The molecule has 0 spiro atoms. The number of aromatic nitrogens is 4. The second-order valence-electron chi connectivity index (χ2n) is 10.9. The molecule has 8 bridgehead atoms. The van der Waals surface area contributed by atoms with Crippen molar-refractivity contribution in [2.45, 2.75) is 18.8 Å². The minimum absolute atomic E-state index is 0.00114. The summed E-state index contributed by atoms with van der Waals surface area (Å²) < 4.78 is 23.7. The maximum atomic E-state index is 11.8. The molecule has 226 valence electrons. The second-order valence-corrected chi connectivity index (χ2v) is 14.5. The molecule has 44 heavy (non-hydrogen) atoms. The molecule has 0 radical (unpaired) electrons. The largest absolute Gasteiger partial charge is 0.399 e. The second kappa shape index (κ2) is 11.8. The lowest BCUT2D eigenvalue weighted by atomic mass is 9.91. The molecule has 0 saturated heterocycles. The average molecular weight is 632 g/mol. The maximum absolute atomic E-state index is 11.8. The topological polar surface area (TPSA) is 198 Å². The Balaban J connectivity index is 1.60. The SMILES string of the molecule is Nc1ccc(-c2c3ccc(cc4nc(c(C(CCP(=O)(O)O)CCP(=O)(O)O)c5nc(cc6ccc2[nH]6)C=C5)C=C4)[nH]3)cc1. The van der Waals surface area contributed by atoms with E-state index in [2.05, 4.69) is 9.97 Å². The first-order valence-electron chi connectivity index (χ1n) is 14.0. The van der Waals surface area contributed by atoms with Gasteiger partial charge in [-0.2, -0.15) is 0 Å². The Labute approximate surface area is 252 Å².